The van der Waals surface area contributed by atoms with E-state index in [1.165, 1.54) is 0 Å². The molecule has 2 aromatic rings. The van der Waals surface area contributed by atoms with Gasteiger partial charge in [-0.05, 0) is 30.0 Å². The van der Waals surface area contributed by atoms with Crippen molar-refractivity contribution in [3.63, 3.8) is 0 Å². The zero-order valence-corrected chi connectivity index (χ0v) is 14.5. The number of H-pyrrole nitrogens is 1. The van der Waals surface area contributed by atoms with E-state index in [0.717, 1.165) is 37.2 Å². The van der Waals surface area contributed by atoms with Crippen LogP contribution in [0.2, 0.25) is 0 Å². The van der Waals surface area contributed by atoms with E-state index in [2.05, 4.69) is 34.3 Å². The van der Waals surface area contributed by atoms with Crippen LogP contribution in [0.25, 0.3) is 11.1 Å². The first kappa shape index (κ1) is 17.7. The van der Waals surface area contributed by atoms with Gasteiger partial charge in [0.05, 0.1) is 11.9 Å². The number of nitrogens with zero attached hydrogens (tertiary/aromatic N) is 2. The maximum Gasteiger partial charge on any atom is 0.387 e. The number of nitrogens with one attached hydrogen (secondary N) is 2. The highest BCUT2D eigenvalue weighted by molar-refractivity contribution is 5.71. The summed E-state index contributed by atoms with van der Waals surface area (Å²) >= 11 is 0. The summed E-state index contributed by atoms with van der Waals surface area (Å²) in [4.78, 5) is 2.13. The molecular weight excluding hydrogens is 326 g/mol. The van der Waals surface area contributed by atoms with Gasteiger partial charge in [0.15, 0.2) is 0 Å². The van der Waals surface area contributed by atoms with Crippen molar-refractivity contribution in [1.29, 1.82) is 0 Å². The van der Waals surface area contributed by atoms with Gasteiger partial charge in [-0.2, -0.15) is 13.9 Å². The standard InChI is InChI=1S/C18H24F2N4O/c1-12(2)7-15-11-24(6-5-21-15)16-4-3-13(14-9-22-23-10-14)8-17(16)25-18(19)20/h3-4,8-10,12,15,18,21H,5-7,11H2,1-2H3,(H,22,23). The Morgan fingerprint density at radius 3 is 2.84 bits per heavy atom. The summed E-state index contributed by atoms with van der Waals surface area (Å²) < 4.78 is 30.7. The van der Waals surface area contributed by atoms with E-state index in [1.807, 2.05) is 12.1 Å². The highest BCUT2D eigenvalue weighted by Gasteiger charge is 2.23. The molecule has 0 bridgehead atoms. The molecule has 0 spiro atoms. The van der Waals surface area contributed by atoms with Crippen LogP contribution < -0.4 is 15.0 Å². The third kappa shape index (κ3) is 4.48. The minimum Gasteiger partial charge on any atom is -0.433 e. The fourth-order valence-electron chi connectivity index (χ4n) is 3.33. The highest BCUT2D eigenvalue weighted by atomic mass is 19.3. The second-order valence-electron chi connectivity index (χ2n) is 6.77. The minimum absolute atomic E-state index is 0.207. The average Bonchev–Trinajstić information content (AvgIpc) is 3.08. The first-order chi connectivity index (χ1) is 12.0. The number of aromatic amines is 1. The number of ether oxygens (including phenoxy) is 1. The summed E-state index contributed by atoms with van der Waals surface area (Å²) in [6.07, 6.45) is 4.43. The van der Waals surface area contributed by atoms with E-state index in [1.54, 1.807) is 18.5 Å². The van der Waals surface area contributed by atoms with Gasteiger partial charge in [-0.15, -0.1) is 0 Å². The van der Waals surface area contributed by atoms with Gasteiger partial charge >= 0.3 is 6.61 Å². The van der Waals surface area contributed by atoms with Crippen LogP contribution in [-0.4, -0.2) is 42.5 Å². The minimum atomic E-state index is -2.85. The van der Waals surface area contributed by atoms with Crippen molar-refractivity contribution in [3.8, 4) is 16.9 Å². The molecule has 0 saturated carbocycles. The van der Waals surface area contributed by atoms with Gasteiger partial charge < -0.3 is 15.0 Å². The Morgan fingerprint density at radius 1 is 1.32 bits per heavy atom. The molecule has 2 heterocycles. The summed E-state index contributed by atoms with van der Waals surface area (Å²) in [7, 11) is 0. The van der Waals surface area contributed by atoms with Gasteiger partial charge in [0.2, 0.25) is 0 Å². The maximum absolute atomic E-state index is 12.9. The molecule has 1 aromatic heterocycles. The maximum atomic E-state index is 12.9. The third-order valence-electron chi connectivity index (χ3n) is 4.36. The van der Waals surface area contributed by atoms with Crippen molar-refractivity contribution in [2.45, 2.75) is 32.9 Å². The van der Waals surface area contributed by atoms with Crippen LogP contribution in [0.3, 0.4) is 0 Å². The molecule has 1 atom stereocenters. The monoisotopic (exact) mass is 350 g/mol. The number of hydrogen-bond donors (Lipinski definition) is 2. The normalized spacial score (nSPS) is 18.2. The van der Waals surface area contributed by atoms with Crippen molar-refractivity contribution in [1.82, 2.24) is 15.5 Å². The van der Waals surface area contributed by atoms with Gasteiger partial charge in [0.1, 0.15) is 5.75 Å². The summed E-state index contributed by atoms with van der Waals surface area (Å²) in [5.74, 6) is 0.789. The first-order valence-corrected chi connectivity index (χ1v) is 8.59. The molecular formula is C18H24F2N4O. The SMILES string of the molecule is CC(C)CC1CN(c2ccc(-c3cn[nH]c3)cc2OC(F)F)CCN1. The Morgan fingerprint density at radius 2 is 2.16 bits per heavy atom. The molecule has 1 aliphatic heterocycles. The van der Waals surface area contributed by atoms with Gasteiger partial charge in [0.25, 0.3) is 0 Å². The molecule has 1 aliphatic rings. The van der Waals surface area contributed by atoms with Gasteiger partial charge in [0, 0.05) is 37.4 Å². The third-order valence-corrected chi connectivity index (χ3v) is 4.36. The number of halogens is 2. The van der Waals surface area contributed by atoms with Crippen LogP contribution in [0.1, 0.15) is 20.3 Å². The van der Waals surface area contributed by atoms with E-state index in [-0.39, 0.29) is 5.75 Å². The molecule has 5 nitrogen and oxygen atoms in total. The largest absolute Gasteiger partial charge is 0.433 e. The van der Waals surface area contributed by atoms with Crippen LogP contribution in [0.5, 0.6) is 5.75 Å². The van der Waals surface area contributed by atoms with Crippen molar-refractivity contribution in [3.05, 3.63) is 30.6 Å². The Kier molecular flexibility index (Phi) is 5.53. The number of rotatable bonds is 6. The Balaban J connectivity index is 1.86. The fraction of sp³-hybridized carbons (Fsp3) is 0.500. The molecule has 1 unspecified atom stereocenters. The van der Waals surface area contributed by atoms with Crippen molar-refractivity contribution in [2.24, 2.45) is 5.92 Å². The first-order valence-electron chi connectivity index (χ1n) is 8.59. The molecule has 25 heavy (non-hydrogen) atoms. The number of aromatic nitrogens is 2. The Hall–Kier alpha value is -2.15. The van der Waals surface area contributed by atoms with E-state index < -0.39 is 6.61 Å². The zero-order valence-electron chi connectivity index (χ0n) is 14.5. The van der Waals surface area contributed by atoms with E-state index >= 15 is 0 Å². The Bertz CT molecular complexity index is 676. The zero-order chi connectivity index (χ0) is 17.8. The van der Waals surface area contributed by atoms with Gasteiger partial charge in [-0.25, -0.2) is 0 Å². The summed E-state index contributed by atoms with van der Waals surface area (Å²) in [5, 5.41) is 10.1. The number of hydrogen-bond acceptors (Lipinski definition) is 4. The van der Waals surface area contributed by atoms with E-state index in [4.69, 9.17) is 4.74 Å². The predicted molar refractivity (Wildman–Crippen MR) is 94.1 cm³/mol. The number of alkyl halides is 2. The van der Waals surface area contributed by atoms with E-state index in [9.17, 15) is 8.78 Å². The molecule has 0 aliphatic carbocycles. The van der Waals surface area contributed by atoms with Crippen LogP contribution >= 0.6 is 0 Å². The smallest absolute Gasteiger partial charge is 0.387 e. The molecule has 0 amide bonds. The second kappa shape index (κ2) is 7.82. The van der Waals surface area contributed by atoms with Crippen molar-refractivity contribution >= 4 is 5.69 Å². The number of piperazine rings is 1. The van der Waals surface area contributed by atoms with Crippen LogP contribution in [-0.2, 0) is 0 Å². The molecule has 3 rings (SSSR count). The lowest BCUT2D eigenvalue weighted by Gasteiger charge is -2.36. The predicted octanol–water partition coefficient (Wildman–Crippen LogP) is 3.50. The molecule has 0 radical (unpaired) electrons. The molecule has 1 saturated heterocycles. The summed E-state index contributed by atoms with van der Waals surface area (Å²) in [5.41, 5.74) is 2.34. The quantitative estimate of drug-likeness (QED) is 0.837. The molecule has 1 fully saturated rings. The lowest BCUT2D eigenvalue weighted by molar-refractivity contribution is -0.0495. The highest BCUT2D eigenvalue weighted by Crippen LogP contribution is 2.35. The lowest BCUT2D eigenvalue weighted by Crippen LogP contribution is -2.51. The molecule has 1 aromatic carbocycles. The average molecular weight is 350 g/mol. The number of benzene rings is 1. The molecule has 136 valence electrons. The topological polar surface area (TPSA) is 53.2 Å². The summed E-state index contributed by atoms with van der Waals surface area (Å²) in [6.45, 7) is 3.89. The van der Waals surface area contributed by atoms with Crippen LogP contribution in [0.4, 0.5) is 14.5 Å². The van der Waals surface area contributed by atoms with E-state index in [0.29, 0.717) is 17.6 Å². The van der Waals surface area contributed by atoms with Gasteiger partial charge in [-0.1, -0.05) is 19.9 Å². The Labute approximate surface area is 146 Å². The van der Waals surface area contributed by atoms with Crippen molar-refractivity contribution in [2.75, 3.05) is 24.5 Å². The van der Waals surface area contributed by atoms with Gasteiger partial charge in [-0.3, -0.25) is 5.10 Å². The fourth-order valence-corrected chi connectivity index (χ4v) is 3.33. The summed E-state index contributed by atoms with van der Waals surface area (Å²) in [6, 6.07) is 5.78. The number of anilines is 1. The van der Waals surface area contributed by atoms with Crippen LogP contribution in [0.15, 0.2) is 30.6 Å². The van der Waals surface area contributed by atoms with Crippen molar-refractivity contribution < 1.29 is 13.5 Å². The lowest BCUT2D eigenvalue weighted by atomic mass is 10.0. The molecule has 2 N–H and O–H groups in total. The second-order valence-corrected chi connectivity index (χ2v) is 6.77. The molecule has 7 heteroatoms. The van der Waals surface area contributed by atoms with Crippen LogP contribution in [0, 0.1) is 5.92 Å².